The number of nitrogens with zero attached hydrogens (tertiary/aromatic N) is 1. The molecule has 0 radical (unpaired) electrons. The van der Waals surface area contributed by atoms with Gasteiger partial charge in [0.05, 0.1) is 0 Å². The van der Waals surface area contributed by atoms with Gasteiger partial charge in [-0.3, -0.25) is 0 Å². The van der Waals surface area contributed by atoms with Crippen molar-refractivity contribution in [2.24, 2.45) is 5.92 Å². The van der Waals surface area contributed by atoms with Gasteiger partial charge in [-0.2, -0.15) is 0 Å². The summed E-state index contributed by atoms with van der Waals surface area (Å²) in [4.78, 5) is 2.54. The molecular formula is C23H27NO3. The average Bonchev–Trinajstić information content (AvgIpc) is 3.01. The first-order chi connectivity index (χ1) is 13.2. The highest BCUT2D eigenvalue weighted by Crippen LogP contribution is 2.44. The molecule has 142 valence electrons. The number of aryl methyl sites for hydroxylation is 1. The molecule has 2 aromatic carbocycles. The van der Waals surface area contributed by atoms with Crippen LogP contribution in [0.3, 0.4) is 0 Å². The number of benzene rings is 2. The zero-order valence-electron chi connectivity index (χ0n) is 16.1. The van der Waals surface area contributed by atoms with Gasteiger partial charge >= 0.3 is 0 Å². The van der Waals surface area contributed by atoms with Crippen molar-refractivity contribution in [2.75, 3.05) is 20.4 Å². The first-order valence-corrected chi connectivity index (χ1v) is 10.0. The Morgan fingerprint density at radius 2 is 1.81 bits per heavy atom. The van der Waals surface area contributed by atoms with E-state index < -0.39 is 0 Å². The van der Waals surface area contributed by atoms with E-state index in [9.17, 15) is 0 Å². The van der Waals surface area contributed by atoms with E-state index in [1.807, 2.05) is 18.2 Å². The Hall–Kier alpha value is -2.20. The summed E-state index contributed by atoms with van der Waals surface area (Å²) in [7, 11) is 2.27. The molecule has 3 heterocycles. The maximum Gasteiger partial charge on any atom is 0.231 e. The molecule has 3 fully saturated rings. The zero-order chi connectivity index (χ0) is 18.4. The standard InChI is InChI=1S/C23H27NO3/c1-15-3-5-16(6-4-15)19-11-17-7-9-21(20(19)13-24(17)2)27-18-8-10-22-23(12-18)26-14-25-22/h3-6,8,10,12,17,19-21H,7,9,11,13-14H2,1-2H3/t17-,19+,20-,21-/m0/s1. The van der Waals surface area contributed by atoms with Crippen LogP contribution in [0.1, 0.15) is 36.3 Å². The van der Waals surface area contributed by atoms with Crippen LogP contribution in [0.2, 0.25) is 0 Å². The van der Waals surface area contributed by atoms with Crippen LogP contribution >= 0.6 is 0 Å². The monoisotopic (exact) mass is 365 g/mol. The maximum atomic E-state index is 6.55. The highest BCUT2D eigenvalue weighted by atomic mass is 16.7. The largest absolute Gasteiger partial charge is 0.490 e. The van der Waals surface area contributed by atoms with Gasteiger partial charge in [-0.1, -0.05) is 29.8 Å². The third-order valence-electron chi connectivity index (χ3n) is 6.56. The summed E-state index contributed by atoms with van der Waals surface area (Å²) in [6, 6.07) is 15.7. The molecule has 2 aromatic rings. The first-order valence-electron chi connectivity index (χ1n) is 10.0. The van der Waals surface area contributed by atoms with Gasteiger partial charge in [-0.15, -0.1) is 0 Å². The second-order valence-corrected chi connectivity index (χ2v) is 8.26. The molecule has 1 saturated carbocycles. The maximum absolute atomic E-state index is 6.55. The van der Waals surface area contributed by atoms with Crippen molar-refractivity contribution >= 4 is 0 Å². The van der Waals surface area contributed by atoms with Crippen LogP contribution in [0.5, 0.6) is 17.2 Å². The molecule has 27 heavy (non-hydrogen) atoms. The van der Waals surface area contributed by atoms with Crippen molar-refractivity contribution in [3.05, 3.63) is 53.6 Å². The van der Waals surface area contributed by atoms with Crippen molar-refractivity contribution in [3.8, 4) is 17.2 Å². The molecule has 6 rings (SSSR count). The lowest BCUT2D eigenvalue weighted by molar-refractivity contribution is 0.0704. The van der Waals surface area contributed by atoms with Gasteiger partial charge in [-0.25, -0.2) is 0 Å². The van der Waals surface area contributed by atoms with Crippen LogP contribution in [0.15, 0.2) is 42.5 Å². The third kappa shape index (κ3) is 3.16. The first kappa shape index (κ1) is 16.9. The van der Waals surface area contributed by atoms with Gasteiger partial charge in [0, 0.05) is 24.6 Å². The topological polar surface area (TPSA) is 30.9 Å². The second kappa shape index (κ2) is 6.75. The van der Waals surface area contributed by atoms with Gasteiger partial charge in [0.2, 0.25) is 6.79 Å². The summed E-state index contributed by atoms with van der Waals surface area (Å²) >= 11 is 0. The number of hydrogen-bond acceptors (Lipinski definition) is 4. The van der Waals surface area contributed by atoms with Crippen LogP contribution in [-0.2, 0) is 0 Å². The Morgan fingerprint density at radius 1 is 1.00 bits per heavy atom. The molecule has 4 heteroatoms. The zero-order valence-corrected chi connectivity index (χ0v) is 16.1. The Kier molecular flexibility index (Phi) is 4.24. The van der Waals surface area contributed by atoms with E-state index >= 15 is 0 Å². The number of ether oxygens (including phenoxy) is 3. The van der Waals surface area contributed by atoms with E-state index in [-0.39, 0.29) is 6.10 Å². The summed E-state index contributed by atoms with van der Waals surface area (Å²) in [6.07, 6.45) is 3.76. The number of rotatable bonds is 3. The lowest BCUT2D eigenvalue weighted by Crippen LogP contribution is -2.45. The van der Waals surface area contributed by atoms with Crippen LogP contribution in [0.4, 0.5) is 0 Å². The van der Waals surface area contributed by atoms with Gasteiger partial charge in [-0.05, 0) is 56.8 Å². The Labute approximate surface area is 161 Å². The van der Waals surface area contributed by atoms with Gasteiger partial charge in [0.1, 0.15) is 11.9 Å². The summed E-state index contributed by atoms with van der Waals surface area (Å²) in [6.45, 7) is 3.55. The van der Waals surface area contributed by atoms with E-state index in [2.05, 4.69) is 43.1 Å². The molecule has 0 N–H and O–H groups in total. The van der Waals surface area contributed by atoms with Crippen molar-refractivity contribution in [1.29, 1.82) is 0 Å². The van der Waals surface area contributed by atoms with Crippen LogP contribution in [-0.4, -0.2) is 37.4 Å². The minimum Gasteiger partial charge on any atom is -0.490 e. The second-order valence-electron chi connectivity index (χ2n) is 8.26. The molecule has 2 bridgehead atoms. The molecule has 1 aliphatic carbocycles. The molecule has 4 atom stereocenters. The summed E-state index contributed by atoms with van der Waals surface area (Å²) < 4.78 is 17.5. The van der Waals surface area contributed by atoms with E-state index in [0.717, 1.165) is 30.2 Å². The lowest BCUT2D eigenvalue weighted by Gasteiger charge is -2.41. The van der Waals surface area contributed by atoms with Crippen molar-refractivity contribution in [3.63, 3.8) is 0 Å². The fourth-order valence-electron chi connectivity index (χ4n) is 5.01. The van der Waals surface area contributed by atoms with Crippen LogP contribution in [0.25, 0.3) is 0 Å². The normalized spacial score (nSPS) is 29.6. The van der Waals surface area contributed by atoms with E-state index in [1.165, 1.54) is 24.0 Å². The van der Waals surface area contributed by atoms with Crippen molar-refractivity contribution < 1.29 is 14.2 Å². The Bertz CT molecular complexity index is 819. The SMILES string of the molecule is Cc1ccc([C@H]2C[C@@H]3CC[C@H](Oc4ccc5c(c4)OCO5)[C@H]2CN3C)cc1. The molecule has 4 aliphatic rings. The fraction of sp³-hybridized carbons (Fsp3) is 0.478. The number of piperidine rings is 1. The summed E-state index contributed by atoms with van der Waals surface area (Å²) in [5.74, 6) is 3.55. The molecule has 0 unspecified atom stereocenters. The smallest absolute Gasteiger partial charge is 0.231 e. The molecule has 0 amide bonds. The highest BCUT2D eigenvalue weighted by Gasteiger charge is 2.43. The molecular weight excluding hydrogens is 338 g/mol. The Balaban J connectivity index is 1.42. The molecule has 4 nitrogen and oxygen atoms in total. The highest BCUT2D eigenvalue weighted by molar-refractivity contribution is 5.47. The predicted octanol–water partition coefficient (Wildman–Crippen LogP) is 4.37. The fourth-order valence-corrected chi connectivity index (χ4v) is 5.01. The van der Waals surface area contributed by atoms with Crippen LogP contribution < -0.4 is 14.2 Å². The Morgan fingerprint density at radius 3 is 2.67 bits per heavy atom. The van der Waals surface area contributed by atoms with E-state index in [1.54, 1.807) is 0 Å². The summed E-state index contributed by atoms with van der Waals surface area (Å²) in [5.41, 5.74) is 2.78. The quantitative estimate of drug-likeness (QED) is 0.808. The van der Waals surface area contributed by atoms with Crippen LogP contribution in [0, 0.1) is 12.8 Å². The molecule has 2 saturated heterocycles. The van der Waals surface area contributed by atoms with Crippen molar-refractivity contribution in [1.82, 2.24) is 4.90 Å². The lowest BCUT2D eigenvalue weighted by atomic mass is 9.77. The predicted molar refractivity (Wildman–Crippen MR) is 105 cm³/mol. The minimum atomic E-state index is 0.228. The van der Waals surface area contributed by atoms with E-state index in [4.69, 9.17) is 14.2 Å². The molecule has 3 aliphatic heterocycles. The van der Waals surface area contributed by atoms with Gasteiger partial charge < -0.3 is 19.1 Å². The number of hydrogen-bond donors (Lipinski definition) is 0. The molecule has 0 spiro atoms. The molecule has 0 aromatic heterocycles. The van der Waals surface area contributed by atoms with E-state index in [0.29, 0.717) is 24.7 Å². The number of fused-ring (bicyclic) bond motifs is 5. The minimum absolute atomic E-state index is 0.228. The average molecular weight is 365 g/mol. The van der Waals surface area contributed by atoms with Crippen molar-refractivity contribution in [2.45, 2.75) is 44.2 Å². The third-order valence-corrected chi connectivity index (χ3v) is 6.56. The summed E-state index contributed by atoms with van der Waals surface area (Å²) in [5, 5.41) is 0. The van der Waals surface area contributed by atoms with Gasteiger partial charge in [0.15, 0.2) is 11.5 Å². The van der Waals surface area contributed by atoms with Gasteiger partial charge in [0.25, 0.3) is 0 Å².